The molecule has 0 saturated carbocycles. The van der Waals surface area contributed by atoms with Crippen molar-refractivity contribution in [3.8, 4) is 0 Å². The number of aryl methyl sites for hydroxylation is 2. The average Bonchev–Trinajstić information content (AvgIpc) is 2.62. The topological polar surface area (TPSA) is 58.2 Å². The van der Waals surface area contributed by atoms with Gasteiger partial charge in [0.25, 0.3) is 5.91 Å². The quantitative estimate of drug-likeness (QED) is 0.722. The van der Waals surface area contributed by atoms with Gasteiger partial charge in [0, 0.05) is 5.56 Å². The minimum Gasteiger partial charge on any atom is -0.273 e. The molecule has 25 heavy (non-hydrogen) atoms. The van der Waals surface area contributed by atoms with Gasteiger partial charge in [-0.1, -0.05) is 48.5 Å². The maximum Gasteiger partial charge on any atom is 0.269 e. The molecule has 0 spiro atoms. The van der Waals surface area contributed by atoms with Gasteiger partial charge in [-0.15, -0.1) is 0 Å². The summed E-state index contributed by atoms with van der Waals surface area (Å²) in [6, 6.07) is 19.2. The second kappa shape index (κ2) is 7.18. The number of carbonyl (C=O) groups excluding carboxylic acids is 2. The van der Waals surface area contributed by atoms with Crippen LogP contribution in [0.4, 0.5) is 0 Å². The number of carbonyl (C=O) groups is 2. The van der Waals surface area contributed by atoms with Crippen LogP contribution in [0.25, 0.3) is 10.8 Å². The Labute approximate surface area is 146 Å². The van der Waals surface area contributed by atoms with Gasteiger partial charge in [0.1, 0.15) is 0 Å². The number of hydrogen-bond acceptors (Lipinski definition) is 2. The van der Waals surface area contributed by atoms with Crippen LogP contribution < -0.4 is 10.9 Å². The van der Waals surface area contributed by atoms with Gasteiger partial charge < -0.3 is 0 Å². The molecule has 3 aromatic rings. The summed E-state index contributed by atoms with van der Waals surface area (Å²) in [4.78, 5) is 24.3. The summed E-state index contributed by atoms with van der Waals surface area (Å²) in [6.45, 7) is 3.94. The van der Waals surface area contributed by atoms with E-state index in [1.807, 2.05) is 68.4 Å². The monoisotopic (exact) mass is 332 g/mol. The van der Waals surface area contributed by atoms with Gasteiger partial charge in [0.15, 0.2) is 0 Å². The first-order valence-electron chi connectivity index (χ1n) is 8.17. The van der Waals surface area contributed by atoms with E-state index in [0.717, 1.165) is 27.5 Å². The van der Waals surface area contributed by atoms with Gasteiger partial charge >= 0.3 is 0 Å². The maximum atomic E-state index is 12.2. The molecule has 2 amide bonds. The van der Waals surface area contributed by atoms with E-state index in [0.29, 0.717) is 5.56 Å². The third kappa shape index (κ3) is 3.86. The summed E-state index contributed by atoms with van der Waals surface area (Å²) in [5.74, 6) is -0.581. The summed E-state index contributed by atoms with van der Waals surface area (Å²) >= 11 is 0. The van der Waals surface area contributed by atoms with Crippen molar-refractivity contribution in [2.45, 2.75) is 20.3 Å². The second-order valence-corrected chi connectivity index (χ2v) is 6.12. The third-order valence-electron chi connectivity index (χ3n) is 4.32. The molecular weight excluding hydrogens is 312 g/mol. The van der Waals surface area contributed by atoms with Crippen LogP contribution in [0.5, 0.6) is 0 Å². The molecule has 0 aromatic heterocycles. The molecule has 0 radical (unpaired) electrons. The minimum atomic E-state index is -0.325. The first-order chi connectivity index (χ1) is 12.0. The first-order valence-corrected chi connectivity index (χ1v) is 8.17. The molecule has 0 atom stereocenters. The molecule has 0 aliphatic rings. The Balaban J connectivity index is 1.64. The Hall–Kier alpha value is -3.14. The van der Waals surface area contributed by atoms with Gasteiger partial charge in [-0.25, -0.2) is 0 Å². The van der Waals surface area contributed by atoms with Crippen LogP contribution in [0.3, 0.4) is 0 Å². The van der Waals surface area contributed by atoms with Gasteiger partial charge in [0.2, 0.25) is 5.91 Å². The van der Waals surface area contributed by atoms with Crippen LogP contribution in [0.15, 0.2) is 60.7 Å². The Kier molecular flexibility index (Phi) is 4.80. The summed E-state index contributed by atoms with van der Waals surface area (Å²) < 4.78 is 0. The van der Waals surface area contributed by atoms with E-state index in [1.165, 1.54) is 0 Å². The first kappa shape index (κ1) is 16.7. The van der Waals surface area contributed by atoms with E-state index in [9.17, 15) is 9.59 Å². The molecule has 0 heterocycles. The molecule has 0 fully saturated rings. The zero-order valence-electron chi connectivity index (χ0n) is 14.3. The molecule has 126 valence electrons. The number of nitrogens with one attached hydrogen (secondary N) is 2. The maximum absolute atomic E-state index is 12.2. The zero-order chi connectivity index (χ0) is 17.8. The minimum absolute atomic E-state index is 0.203. The number of fused-ring (bicyclic) bond motifs is 1. The predicted octanol–water partition coefficient (Wildman–Crippen LogP) is 3.46. The van der Waals surface area contributed by atoms with E-state index in [1.54, 1.807) is 6.07 Å². The SMILES string of the molecule is Cc1ccc(C(=O)NNC(=O)Cc2cccc3ccccc23)cc1C. The number of amides is 2. The smallest absolute Gasteiger partial charge is 0.269 e. The highest BCUT2D eigenvalue weighted by Gasteiger charge is 2.10. The summed E-state index contributed by atoms with van der Waals surface area (Å²) in [5.41, 5.74) is 8.57. The highest BCUT2D eigenvalue weighted by Crippen LogP contribution is 2.18. The highest BCUT2D eigenvalue weighted by molar-refractivity contribution is 5.96. The molecule has 2 N–H and O–H groups in total. The standard InChI is InChI=1S/C21H20N2O2/c1-14-10-11-18(12-15(14)2)21(25)23-22-20(24)13-17-8-5-7-16-6-3-4-9-19(16)17/h3-12H,13H2,1-2H3,(H,22,24)(H,23,25). The summed E-state index contributed by atoms with van der Waals surface area (Å²) in [6.07, 6.45) is 0.203. The van der Waals surface area contributed by atoms with Crippen LogP contribution >= 0.6 is 0 Å². The second-order valence-electron chi connectivity index (χ2n) is 6.12. The largest absolute Gasteiger partial charge is 0.273 e. The van der Waals surface area contributed by atoms with Crippen molar-refractivity contribution in [1.82, 2.24) is 10.9 Å². The van der Waals surface area contributed by atoms with Crippen LogP contribution in [0, 0.1) is 13.8 Å². The lowest BCUT2D eigenvalue weighted by molar-refractivity contribution is -0.121. The van der Waals surface area contributed by atoms with Crippen molar-refractivity contribution in [2.75, 3.05) is 0 Å². The molecule has 0 aliphatic heterocycles. The van der Waals surface area contributed by atoms with Crippen molar-refractivity contribution in [3.05, 3.63) is 82.9 Å². The zero-order valence-corrected chi connectivity index (χ0v) is 14.3. The molecule has 0 unspecified atom stereocenters. The van der Waals surface area contributed by atoms with Crippen LogP contribution in [0.1, 0.15) is 27.0 Å². The van der Waals surface area contributed by atoms with Crippen LogP contribution in [-0.4, -0.2) is 11.8 Å². The predicted molar refractivity (Wildman–Crippen MR) is 99.2 cm³/mol. The van der Waals surface area contributed by atoms with Crippen molar-refractivity contribution in [1.29, 1.82) is 0 Å². The van der Waals surface area contributed by atoms with Gasteiger partial charge in [-0.3, -0.25) is 20.4 Å². The van der Waals surface area contributed by atoms with Crippen LogP contribution in [0.2, 0.25) is 0 Å². The van der Waals surface area contributed by atoms with E-state index in [-0.39, 0.29) is 18.2 Å². The average molecular weight is 332 g/mol. The van der Waals surface area contributed by atoms with Crippen molar-refractivity contribution in [2.24, 2.45) is 0 Å². The highest BCUT2D eigenvalue weighted by atomic mass is 16.2. The van der Waals surface area contributed by atoms with E-state index in [4.69, 9.17) is 0 Å². The summed E-state index contributed by atoms with van der Waals surface area (Å²) in [7, 11) is 0. The summed E-state index contributed by atoms with van der Waals surface area (Å²) in [5, 5.41) is 2.13. The molecule has 4 nitrogen and oxygen atoms in total. The number of rotatable bonds is 3. The number of hydrazine groups is 1. The van der Waals surface area contributed by atoms with Crippen molar-refractivity contribution < 1.29 is 9.59 Å². The lowest BCUT2D eigenvalue weighted by Crippen LogP contribution is -2.42. The number of hydrogen-bond donors (Lipinski definition) is 2. The molecular formula is C21H20N2O2. The molecule has 0 bridgehead atoms. The van der Waals surface area contributed by atoms with Gasteiger partial charge in [0.05, 0.1) is 6.42 Å². The van der Waals surface area contributed by atoms with E-state index in [2.05, 4.69) is 10.9 Å². The third-order valence-corrected chi connectivity index (χ3v) is 4.32. The van der Waals surface area contributed by atoms with Crippen molar-refractivity contribution in [3.63, 3.8) is 0 Å². The lowest BCUT2D eigenvalue weighted by Gasteiger charge is -2.10. The Bertz CT molecular complexity index is 942. The Morgan fingerprint density at radius 1 is 0.840 bits per heavy atom. The fourth-order valence-corrected chi connectivity index (χ4v) is 2.75. The number of benzene rings is 3. The molecule has 3 rings (SSSR count). The molecule has 4 heteroatoms. The molecule has 3 aromatic carbocycles. The van der Waals surface area contributed by atoms with Gasteiger partial charge in [-0.2, -0.15) is 0 Å². The normalized spacial score (nSPS) is 10.5. The molecule has 0 aliphatic carbocycles. The lowest BCUT2D eigenvalue weighted by atomic mass is 10.0. The van der Waals surface area contributed by atoms with E-state index >= 15 is 0 Å². The fraction of sp³-hybridized carbons (Fsp3) is 0.143. The molecule has 0 saturated heterocycles. The van der Waals surface area contributed by atoms with E-state index < -0.39 is 0 Å². The van der Waals surface area contributed by atoms with Crippen molar-refractivity contribution >= 4 is 22.6 Å². The Morgan fingerprint density at radius 2 is 1.60 bits per heavy atom. The Morgan fingerprint density at radius 3 is 2.40 bits per heavy atom. The fourth-order valence-electron chi connectivity index (χ4n) is 2.75. The van der Waals surface area contributed by atoms with Crippen LogP contribution in [-0.2, 0) is 11.2 Å². The van der Waals surface area contributed by atoms with Gasteiger partial charge in [-0.05, 0) is 53.4 Å².